The van der Waals surface area contributed by atoms with Crippen molar-refractivity contribution in [3.05, 3.63) is 99.3 Å². The Bertz CT molecular complexity index is 1550. The molecule has 1 N–H and O–H groups in total. The van der Waals surface area contributed by atoms with Gasteiger partial charge in [0, 0.05) is 24.0 Å². The van der Waals surface area contributed by atoms with E-state index in [1.54, 1.807) is 0 Å². The van der Waals surface area contributed by atoms with E-state index >= 15 is 0 Å². The van der Waals surface area contributed by atoms with E-state index in [4.69, 9.17) is 9.97 Å². The first-order valence-electron chi connectivity index (χ1n) is 12.8. The van der Waals surface area contributed by atoms with E-state index in [1.807, 2.05) is 0 Å². The maximum atomic E-state index is 4.94. The van der Waals surface area contributed by atoms with E-state index in [-0.39, 0.29) is 11.8 Å². The van der Waals surface area contributed by atoms with Crippen molar-refractivity contribution in [1.82, 2.24) is 35.2 Å². The second kappa shape index (κ2) is 8.97. The van der Waals surface area contributed by atoms with Crippen LogP contribution in [0.25, 0.3) is 11.2 Å². The zero-order valence-corrected chi connectivity index (χ0v) is 21.3. The number of aromatic nitrogens is 7. The highest BCUT2D eigenvalue weighted by Crippen LogP contribution is 2.42. The molecule has 0 bridgehead atoms. The lowest BCUT2D eigenvalue weighted by molar-refractivity contribution is 0.616. The van der Waals surface area contributed by atoms with Crippen molar-refractivity contribution in [2.24, 2.45) is 0 Å². The highest BCUT2D eigenvalue weighted by Gasteiger charge is 2.31. The highest BCUT2D eigenvalue weighted by molar-refractivity contribution is 5.76. The van der Waals surface area contributed by atoms with Gasteiger partial charge in [-0.05, 0) is 66.1 Å². The number of fused-ring (bicyclic) bond motifs is 3. The van der Waals surface area contributed by atoms with Crippen LogP contribution in [0.5, 0.6) is 0 Å². The van der Waals surface area contributed by atoms with Crippen molar-refractivity contribution < 1.29 is 0 Å². The summed E-state index contributed by atoms with van der Waals surface area (Å²) in [4.78, 5) is 9.81. The third-order valence-electron chi connectivity index (χ3n) is 7.62. The maximum absolute atomic E-state index is 4.94. The Labute approximate surface area is 211 Å². The summed E-state index contributed by atoms with van der Waals surface area (Å²) in [6.45, 7) is 9.31. The molecule has 0 saturated heterocycles. The summed E-state index contributed by atoms with van der Waals surface area (Å²) in [5.74, 6) is 2.11. The van der Waals surface area contributed by atoms with Gasteiger partial charge < -0.3 is 4.57 Å². The molecule has 0 spiro atoms. The number of hydrogen-bond donors (Lipinski definition) is 1. The average Bonchev–Trinajstić information content (AvgIpc) is 3.50. The van der Waals surface area contributed by atoms with Crippen molar-refractivity contribution in [2.45, 2.75) is 65.3 Å². The van der Waals surface area contributed by atoms with Crippen LogP contribution in [0.1, 0.15) is 76.4 Å². The number of imidazole rings is 1. The van der Waals surface area contributed by atoms with E-state index in [0.717, 1.165) is 54.3 Å². The first-order chi connectivity index (χ1) is 17.5. The van der Waals surface area contributed by atoms with Gasteiger partial charge in [-0.1, -0.05) is 61.5 Å². The Morgan fingerprint density at radius 3 is 2.61 bits per heavy atom. The molecular weight excluding hydrogens is 446 g/mol. The molecule has 2 atom stereocenters. The number of tetrazole rings is 1. The molecule has 36 heavy (non-hydrogen) atoms. The second-order valence-corrected chi connectivity index (χ2v) is 9.99. The lowest BCUT2D eigenvalue weighted by Gasteiger charge is -2.25. The number of nitrogens with zero attached hydrogens (tertiary/aromatic N) is 6. The lowest BCUT2D eigenvalue weighted by Crippen LogP contribution is -2.14. The third kappa shape index (κ3) is 3.79. The van der Waals surface area contributed by atoms with E-state index in [1.165, 1.54) is 33.4 Å². The average molecular weight is 478 g/mol. The summed E-state index contributed by atoms with van der Waals surface area (Å²) in [6.07, 6.45) is 2.91. The van der Waals surface area contributed by atoms with Crippen molar-refractivity contribution in [2.75, 3.05) is 0 Å². The van der Waals surface area contributed by atoms with Gasteiger partial charge in [0.05, 0.1) is 6.54 Å². The summed E-state index contributed by atoms with van der Waals surface area (Å²) in [7, 11) is 0. The fraction of sp³-hybridized carbons (Fsp3) is 0.345. The summed E-state index contributed by atoms with van der Waals surface area (Å²) in [5, 5.41) is 15.1. The Morgan fingerprint density at radius 2 is 1.81 bits per heavy atom. The molecule has 3 heterocycles. The predicted octanol–water partition coefficient (Wildman–Crippen LogP) is 5.21. The Hall–Kier alpha value is -3.87. The van der Waals surface area contributed by atoms with Crippen molar-refractivity contribution >= 4 is 11.2 Å². The quantitative estimate of drug-likeness (QED) is 0.376. The summed E-state index contributed by atoms with van der Waals surface area (Å²) >= 11 is 0. The number of hydrogen-bond acceptors (Lipinski definition) is 5. The second-order valence-electron chi connectivity index (χ2n) is 9.99. The lowest BCUT2D eigenvalue weighted by atomic mass is 9.79. The standard InChI is InChI=1S/C29H31N7/c1-5-25-31-27-17(2)14-18(3)30-29(27)36(25)16-20-10-13-24-22(15-20)12-11-21-8-6-7-9-23(21)26(24)19(4)28-32-34-35-33-28/h6-10,13-15,19,26H,5,11-12,16H2,1-4H3,(H,32,33,34,35). The molecule has 0 amide bonds. The van der Waals surface area contributed by atoms with Gasteiger partial charge in [0.15, 0.2) is 11.5 Å². The highest BCUT2D eigenvalue weighted by atomic mass is 15.5. The van der Waals surface area contributed by atoms with Crippen molar-refractivity contribution in [3.8, 4) is 0 Å². The Morgan fingerprint density at radius 1 is 1.00 bits per heavy atom. The summed E-state index contributed by atoms with van der Waals surface area (Å²) < 4.78 is 2.29. The number of H-pyrrole nitrogens is 1. The largest absolute Gasteiger partial charge is 0.308 e. The minimum atomic E-state index is 0.104. The molecule has 0 aliphatic heterocycles. The van der Waals surface area contributed by atoms with Gasteiger partial charge in [-0.25, -0.2) is 9.97 Å². The monoisotopic (exact) mass is 477 g/mol. The van der Waals surface area contributed by atoms with Crippen LogP contribution in [-0.4, -0.2) is 35.2 Å². The number of rotatable bonds is 5. The van der Waals surface area contributed by atoms with E-state index in [0.29, 0.717) is 0 Å². The van der Waals surface area contributed by atoms with Gasteiger partial charge >= 0.3 is 0 Å². The predicted molar refractivity (Wildman–Crippen MR) is 140 cm³/mol. The summed E-state index contributed by atoms with van der Waals surface area (Å²) in [6, 6.07) is 17.9. The van der Waals surface area contributed by atoms with Crippen LogP contribution < -0.4 is 0 Å². The zero-order chi connectivity index (χ0) is 24.8. The first kappa shape index (κ1) is 22.6. The number of aromatic amines is 1. The van der Waals surface area contributed by atoms with E-state index in [9.17, 15) is 0 Å². The smallest absolute Gasteiger partial charge is 0.178 e. The van der Waals surface area contributed by atoms with E-state index < -0.39 is 0 Å². The number of nitrogens with one attached hydrogen (secondary N) is 1. The SMILES string of the molecule is CCc1nc2c(C)cc(C)nc2n1Cc1ccc2c(c1)CCc1ccccc1C2C(C)c1nn[nH]n1. The van der Waals surface area contributed by atoms with Crippen LogP contribution in [0.15, 0.2) is 48.5 Å². The maximum Gasteiger partial charge on any atom is 0.178 e. The number of pyridine rings is 1. The molecule has 0 saturated carbocycles. The molecule has 7 nitrogen and oxygen atoms in total. The number of aryl methyl sites for hydroxylation is 5. The van der Waals surface area contributed by atoms with Gasteiger partial charge in [-0.2, -0.15) is 5.21 Å². The van der Waals surface area contributed by atoms with Crippen LogP contribution in [-0.2, 0) is 25.8 Å². The molecule has 1 aliphatic rings. The van der Waals surface area contributed by atoms with Crippen LogP contribution in [0, 0.1) is 13.8 Å². The minimum Gasteiger partial charge on any atom is -0.308 e. The van der Waals surface area contributed by atoms with Crippen LogP contribution in [0.3, 0.4) is 0 Å². The molecule has 182 valence electrons. The fourth-order valence-electron chi connectivity index (χ4n) is 5.90. The molecule has 6 rings (SSSR count). The molecule has 3 aromatic heterocycles. The Kier molecular flexibility index (Phi) is 5.63. The molecule has 2 unspecified atom stereocenters. The normalized spacial score (nSPS) is 15.9. The van der Waals surface area contributed by atoms with Crippen LogP contribution >= 0.6 is 0 Å². The van der Waals surface area contributed by atoms with Crippen LogP contribution in [0.4, 0.5) is 0 Å². The molecule has 7 heteroatoms. The van der Waals surface area contributed by atoms with Crippen molar-refractivity contribution in [1.29, 1.82) is 0 Å². The minimum absolute atomic E-state index is 0.104. The van der Waals surface area contributed by atoms with Gasteiger partial charge in [0.1, 0.15) is 11.3 Å². The molecular formula is C29H31N7. The topological polar surface area (TPSA) is 85.2 Å². The first-order valence-corrected chi connectivity index (χ1v) is 12.8. The molecule has 0 fully saturated rings. The van der Waals surface area contributed by atoms with Gasteiger partial charge in [0.25, 0.3) is 0 Å². The van der Waals surface area contributed by atoms with Crippen molar-refractivity contribution in [3.63, 3.8) is 0 Å². The zero-order valence-electron chi connectivity index (χ0n) is 21.3. The van der Waals surface area contributed by atoms with Crippen LogP contribution in [0.2, 0.25) is 0 Å². The molecule has 5 aromatic rings. The van der Waals surface area contributed by atoms with Gasteiger partial charge in [0.2, 0.25) is 0 Å². The van der Waals surface area contributed by atoms with Gasteiger partial charge in [-0.15, -0.1) is 10.2 Å². The third-order valence-corrected chi connectivity index (χ3v) is 7.62. The molecule has 2 aromatic carbocycles. The number of benzene rings is 2. The molecule has 0 radical (unpaired) electrons. The summed E-state index contributed by atoms with van der Waals surface area (Å²) in [5.41, 5.74) is 11.0. The fourth-order valence-corrected chi connectivity index (χ4v) is 5.90. The Balaban J connectivity index is 1.43. The van der Waals surface area contributed by atoms with E-state index in [2.05, 4.69) is 101 Å². The molecule has 1 aliphatic carbocycles. The van der Waals surface area contributed by atoms with Gasteiger partial charge in [-0.3, -0.25) is 0 Å².